The number of hydrogen-bond acceptors (Lipinski definition) is 4. The second-order valence-corrected chi connectivity index (χ2v) is 10.7. The quantitative estimate of drug-likeness (QED) is 0.438. The van der Waals surface area contributed by atoms with E-state index in [1.807, 2.05) is 30.3 Å². The van der Waals surface area contributed by atoms with Crippen molar-refractivity contribution in [2.75, 3.05) is 19.7 Å². The molecule has 1 atom stereocenters. The largest absolute Gasteiger partial charge is 0.490 e. The second kappa shape index (κ2) is 10.9. The summed E-state index contributed by atoms with van der Waals surface area (Å²) < 4.78 is 5.90. The maximum Gasteiger partial charge on any atom is 0.255 e. The fourth-order valence-corrected chi connectivity index (χ4v) is 6.79. The van der Waals surface area contributed by atoms with Gasteiger partial charge >= 0.3 is 0 Å². The molecule has 4 aliphatic rings. The summed E-state index contributed by atoms with van der Waals surface area (Å²) in [6.07, 6.45) is 8.14. The van der Waals surface area contributed by atoms with Crippen molar-refractivity contribution in [1.29, 1.82) is 0 Å². The summed E-state index contributed by atoms with van der Waals surface area (Å²) in [5, 5.41) is 17.3. The first-order valence-electron chi connectivity index (χ1n) is 13.1. The molecular weight excluding hydrogens is 424 g/mol. The summed E-state index contributed by atoms with van der Waals surface area (Å²) >= 11 is 0. The Morgan fingerprint density at radius 3 is 2.35 bits per heavy atom. The van der Waals surface area contributed by atoms with E-state index >= 15 is 0 Å². The van der Waals surface area contributed by atoms with E-state index in [1.165, 1.54) is 37.7 Å². The average molecular weight is 463 g/mol. The first-order valence-corrected chi connectivity index (χ1v) is 13.1. The minimum Gasteiger partial charge on any atom is -0.490 e. The Bertz CT molecular complexity index is 919. The van der Waals surface area contributed by atoms with Crippen LogP contribution in [0.2, 0.25) is 0 Å². The molecule has 1 unspecified atom stereocenters. The van der Waals surface area contributed by atoms with Crippen LogP contribution in [-0.2, 0) is 6.42 Å². The Morgan fingerprint density at radius 2 is 1.62 bits per heavy atom. The fourth-order valence-electron chi connectivity index (χ4n) is 6.79. The molecule has 1 amide bonds. The van der Waals surface area contributed by atoms with Gasteiger partial charge in [-0.15, -0.1) is 0 Å². The Kier molecular flexibility index (Phi) is 7.51. The van der Waals surface area contributed by atoms with Gasteiger partial charge in [0.15, 0.2) is 0 Å². The Hall–Kier alpha value is -2.37. The highest BCUT2D eigenvalue weighted by molar-refractivity contribution is 5.96. The zero-order chi connectivity index (χ0) is 23.3. The Labute approximate surface area is 203 Å². The number of benzene rings is 2. The highest BCUT2D eigenvalue weighted by Gasteiger charge is 2.47. The molecule has 4 bridgehead atoms. The number of ether oxygens (including phenoxy) is 1. The van der Waals surface area contributed by atoms with Gasteiger partial charge in [-0.2, -0.15) is 0 Å². The predicted octanol–water partition coefficient (Wildman–Crippen LogP) is 4.20. The van der Waals surface area contributed by atoms with Crippen molar-refractivity contribution >= 4 is 5.91 Å². The fraction of sp³-hybridized carbons (Fsp3) is 0.552. The van der Waals surface area contributed by atoms with Crippen LogP contribution < -0.4 is 15.4 Å². The Morgan fingerprint density at radius 1 is 0.941 bits per heavy atom. The summed E-state index contributed by atoms with van der Waals surface area (Å²) in [4.78, 5) is 12.7. The maximum absolute atomic E-state index is 12.7. The SMILES string of the molecule is O=C(NCCCc1ccccc1)c1ccccc1OCC(O)CNC1C2CC3CC(C2)CC1C3. The summed E-state index contributed by atoms with van der Waals surface area (Å²) in [6.45, 7) is 1.33. The lowest BCUT2D eigenvalue weighted by atomic mass is 9.54. The molecule has 4 fully saturated rings. The minimum atomic E-state index is -0.598. The van der Waals surface area contributed by atoms with E-state index in [0.717, 1.165) is 36.5 Å². The highest BCUT2D eigenvalue weighted by Crippen LogP contribution is 2.53. The van der Waals surface area contributed by atoms with Crippen molar-refractivity contribution in [2.24, 2.45) is 23.7 Å². The molecule has 5 nitrogen and oxygen atoms in total. The van der Waals surface area contributed by atoms with Gasteiger partial charge in [0.05, 0.1) is 5.56 Å². The zero-order valence-electron chi connectivity index (χ0n) is 20.0. The number of nitrogens with one attached hydrogen (secondary N) is 2. The molecule has 0 heterocycles. The van der Waals surface area contributed by atoms with Crippen molar-refractivity contribution in [2.45, 2.75) is 57.1 Å². The monoisotopic (exact) mass is 462 g/mol. The first-order chi connectivity index (χ1) is 16.7. The molecule has 6 rings (SSSR count). The lowest BCUT2D eigenvalue weighted by molar-refractivity contribution is -0.0189. The number of carbonyl (C=O) groups is 1. The van der Waals surface area contributed by atoms with E-state index in [2.05, 4.69) is 22.8 Å². The van der Waals surface area contributed by atoms with Crippen LogP contribution in [0.5, 0.6) is 5.75 Å². The van der Waals surface area contributed by atoms with Crippen LogP contribution in [0.3, 0.4) is 0 Å². The first kappa shape index (κ1) is 23.4. The molecule has 2 aromatic rings. The molecule has 0 aromatic heterocycles. The molecule has 4 aliphatic carbocycles. The van der Waals surface area contributed by atoms with Crippen LogP contribution in [0.4, 0.5) is 0 Å². The molecule has 182 valence electrons. The standard InChI is InChI=1S/C29H38N2O3/c32-25(18-31-28-23-14-21-13-22(16-23)17-24(28)15-21)19-34-27-11-5-4-10-26(27)29(33)30-12-6-9-20-7-2-1-3-8-20/h1-5,7-8,10-11,21-25,28,31-32H,6,9,12-19H2,(H,30,33). The van der Waals surface area contributed by atoms with Gasteiger partial charge in [-0.05, 0) is 86.3 Å². The molecular formula is C29H38N2O3. The van der Waals surface area contributed by atoms with Crippen molar-refractivity contribution < 1.29 is 14.6 Å². The van der Waals surface area contributed by atoms with Gasteiger partial charge in [-0.25, -0.2) is 0 Å². The summed E-state index contributed by atoms with van der Waals surface area (Å²) in [5.74, 6) is 3.87. The molecule has 0 radical (unpaired) electrons. The van der Waals surface area contributed by atoms with Crippen molar-refractivity contribution in [3.63, 3.8) is 0 Å². The summed E-state index contributed by atoms with van der Waals surface area (Å²) in [6, 6.07) is 18.1. The number of hydrogen-bond donors (Lipinski definition) is 3. The Balaban J connectivity index is 1.06. The molecule has 0 spiro atoms. The molecule has 2 aromatic carbocycles. The van der Waals surface area contributed by atoms with Gasteiger partial charge in [0.2, 0.25) is 0 Å². The third-order valence-corrected chi connectivity index (χ3v) is 8.15. The number of rotatable bonds is 11. The van der Waals surface area contributed by atoms with Gasteiger partial charge in [0, 0.05) is 19.1 Å². The van der Waals surface area contributed by atoms with Crippen LogP contribution in [0, 0.1) is 23.7 Å². The predicted molar refractivity (Wildman–Crippen MR) is 134 cm³/mol. The number of amides is 1. The number of aryl methyl sites for hydroxylation is 1. The van der Waals surface area contributed by atoms with E-state index in [1.54, 1.807) is 12.1 Å². The van der Waals surface area contributed by atoms with Gasteiger partial charge in [-0.3, -0.25) is 4.79 Å². The normalized spacial score (nSPS) is 28.0. The topological polar surface area (TPSA) is 70.6 Å². The van der Waals surface area contributed by atoms with E-state index < -0.39 is 6.10 Å². The molecule has 34 heavy (non-hydrogen) atoms. The lowest BCUT2D eigenvalue weighted by Crippen LogP contribution is -2.55. The molecule has 0 aliphatic heterocycles. The summed E-state index contributed by atoms with van der Waals surface area (Å²) in [7, 11) is 0. The zero-order valence-corrected chi connectivity index (χ0v) is 20.0. The molecule has 4 saturated carbocycles. The maximum atomic E-state index is 12.7. The number of aliphatic hydroxyl groups excluding tert-OH is 1. The van der Waals surface area contributed by atoms with Crippen LogP contribution in [0.25, 0.3) is 0 Å². The minimum absolute atomic E-state index is 0.134. The van der Waals surface area contributed by atoms with Crippen LogP contribution in [-0.4, -0.2) is 42.9 Å². The van der Waals surface area contributed by atoms with Gasteiger partial charge in [0.1, 0.15) is 18.5 Å². The van der Waals surface area contributed by atoms with Crippen molar-refractivity contribution in [3.8, 4) is 5.75 Å². The van der Waals surface area contributed by atoms with Gasteiger partial charge in [0.25, 0.3) is 5.91 Å². The molecule has 0 saturated heterocycles. The van der Waals surface area contributed by atoms with E-state index in [9.17, 15) is 9.90 Å². The van der Waals surface area contributed by atoms with Gasteiger partial charge < -0.3 is 20.5 Å². The van der Waals surface area contributed by atoms with E-state index in [0.29, 0.717) is 30.4 Å². The van der Waals surface area contributed by atoms with Crippen LogP contribution >= 0.6 is 0 Å². The van der Waals surface area contributed by atoms with Crippen LogP contribution in [0.1, 0.15) is 54.4 Å². The average Bonchev–Trinajstić information content (AvgIpc) is 2.85. The smallest absolute Gasteiger partial charge is 0.255 e. The van der Waals surface area contributed by atoms with Crippen molar-refractivity contribution in [3.05, 3.63) is 65.7 Å². The number of para-hydroxylation sites is 1. The van der Waals surface area contributed by atoms with E-state index in [-0.39, 0.29) is 12.5 Å². The number of aliphatic hydroxyl groups is 1. The highest BCUT2D eigenvalue weighted by atomic mass is 16.5. The third-order valence-electron chi connectivity index (χ3n) is 8.15. The number of carbonyl (C=O) groups excluding carboxylic acids is 1. The van der Waals surface area contributed by atoms with Crippen molar-refractivity contribution in [1.82, 2.24) is 10.6 Å². The molecule has 5 heteroatoms. The van der Waals surface area contributed by atoms with E-state index in [4.69, 9.17) is 4.74 Å². The third kappa shape index (κ3) is 5.64. The van der Waals surface area contributed by atoms with Gasteiger partial charge in [-0.1, -0.05) is 42.5 Å². The second-order valence-electron chi connectivity index (χ2n) is 10.7. The molecule has 3 N–H and O–H groups in total. The lowest BCUT2D eigenvalue weighted by Gasteiger charge is -2.54. The summed E-state index contributed by atoms with van der Waals surface area (Å²) in [5.41, 5.74) is 1.79. The van der Waals surface area contributed by atoms with Crippen LogP contribution in [0.15, 0.2) is 54.6 Å².